The van der Waals surface area contributed by atoms with E-state index in [1.54, 1.807) is 0 Å². The number of allylic oxidation sites excluding steroid dienone is 1. The third-order valence-electron chi connectivity index (χ3n) is 1.00. The topological polar surface area (TPSA) is 76.0 Å². The molecule has 0 aromatic rings. The Balaban J connectivity index is 2.44. The smallest absolute Gasteiger partial charge is 0.452 e. The van der Waals surface area contributed by atoms with Crippen molar-refractivity contribution in [3.05, 3.63) is 17.9 Å². The lowest BCUT2D eigenvalue weighted by Crippen LogP contribution is -2.24. The fourth-order valence-corrected chi connectivity index (χ4v) is 0.621. The highest BCUT2D eigenvalue weighted by Gasteiger charge is 2.21. The van der Waals surface area contributed by atoms with Crippen LogP contribution in [0, 0.1) is 0 Å². The van der Waals surface area contributed by atoms with E-state index in [-0.39, 0.29) is 5.76 Å². The van der Waals surface area contributed by atoms with Gasteiger partial charge in [0.05, 0.1) is 0 Å². The number of ether oxygens (including phenoxy) is 1. The van der Waals surface area contributed by atoms with Crippen LogP contribution in [0.3, 0.4) is 0 Å². The van der Waals surface area contributed by atoms with E-state index in [0.717, 1.165) is 0 Å². The van der Waals surface area contributed by atoms with Crippen molar-refractivity contribution in [1.29, 1.82) is 0 Å². The van der Waals surface area contributed by atoms with Crippen molar-refractivity contribution < 1.29 is 24.2 Å². The Hall–Kier alpha value is -1.07. The zero-order chi connectivity index (χ0) is 8.27. The van der Waals surface area contributed by atoms with E-state index in [2.05, 4.69) is 9.39 Å². The van der Waals surface area contributed by atoms with Gasteiger partial charge in [0.25, 0.3) is 0 Å². The fraction of sp³-hybridized carbons (Fsp3) is 0.200. The highest BCUT2D eigenvalue weighted by Crippen LogP contribution is 2.12. The molecule has 0 saturated carbocycles. The second-order valence-corrected chi connectivity index (χ2v) is 1.77. The van der Waals surface area contributed by atoms with Crippen LogP contribution in [0.4, 0.5) is 0 Å². The summed E-state index contributed by atoms with van der Waals surface area (Å²) in [6.45, 7) is 0. The highest BCUT2D eigenvalue weighted by molar-refractivity contribution is 6.32. The molecule has 5 nitrogen and oxygen atoms in total. The van der Waals surface area contributed by atoms with Gasteiger partial charge in [0.1, 0.15) is 0 Å². The second kappa shape index (κ2) is 3.36. The van der Waals surface area contributed by atoms with Crippen molar-refractivity contribution in [1.82, 2.24) is 0 Å². The van der Waals surface area contributed by atoms with E-state index in [9.17, 15) is 4.79 Å². The van der Waals surface area contributed by atoms with Gasteiger partial charge in [-0.2, -0.15) is 0 Å². The van der Waals surface area contributed by atoms with Crippen LogP contribution in [0.15, 0.2) is 17.9 Å². The summed E-state index contributed by atoms with van der Waals surface area (Å²) in [6, 6.07) is 0. The summed E-state index contributed by atoms with van der Waals surface area (Å²) in [5, 5.41) is 16.6. The first-order valence-corrected chi connectivity index (χ1v) is 2.84. The minimum absolute atomic E-state index is 0.0179. The SMILES string of the molecule is O=C=C1C=CC(OB(O)O)O1. The summed E-state index contributed by atoms with van der Waals surface area (Å²) >= 11 is 0. The summed E-state index contributed by atoms with van der Waals surface area (Å²) < 4.78 is 9.01. The van der Waals surface area contributed by atoms with Gasteiger partial charge in [0, 0.05) is 0 Å². The molecule has 0 fully saturated rings. The Morgan fingerprint density at radius 1 is 1.73 bits per heavy atom. The van der Waals surface area contributed by atoms with E-state index in [1.807, 2.05) is 0 Å². The van der Waals surface area contributed by atoms with Gasteiger partial charge in [-0.05, 0) is 12.2 Å². The maximum atomic E-state index is 9.92. The lowest BCUT2D eigenvalue weighted by atomic mass is 10.2. The molecule has 1 heterocycles. The molecule has 2 N–H and O–H groups in total. The molecular formula is C5H5BO5. The fourth-order valence-electron chi connectivity index (χ4n) is 0.621. The summed E-state index contributed by atoms with van der Waals surface area (Å²) in [5.41, 5.74) is 0. The zero-order valence-electron chi connectivity index (χ0n) is 5.43. The molecular weight excluding hydrogens is 151 g/mol. The summed E-state index contributed by atoms with van der Waals surface area (Å²) in [6.07, 6.45) is 1.78. The number of hydrogen-bond acceptors (Lipinski definition) is 5. The number of hydrogen-bond donors (Lipinski definition) is 2. The Labute approximate surface area is 62.7 Å². The van der Waals surface area contributed by atoms with Gasteiger partial charge in [-0.3, -0.25) is 0 Å². The average molecular weight is 156 g/mol. The van der Waals surface area contributed by atoms with Crippen LogP contribution in [-0.4, -0.2) is 29.6 Å². The lowest BCUT2D eigenvalue weighted by Gasteiger charge is -2.08. The first kappa shape index (κ1) is 8.04. The number of carbonyl (C=O) groups excluding carboxylic acids is 1. The summed E-state index contributed by atoms with van der Waals surface area (Å²) in [7, 11) is -1.91. The maximum absolute atomic E-state index is 9.92. The van der Waals surface area contributed by atoms with Gasteiger partial charge in [-0.25, -0.2) is 4.79 Å². The minimum Gasteiger partial charge on any atom is -0.452 e. The van der Waals surface area contributed by atoms with Crippen LogP contribution < -0.4 is 0 Å². The van der Waals surface area contributed by atoms with Crippen LogP contribution in [0.1, 0.15) is 0 Å². The van der Waals surface area contributed by atoms with Crippen LogP contribution in [-0.2, 0) is 14.2 Å². The first-order valence-electron chi connectivity index (χ1n) is 2.84. The molecule has 1 atom stereocenters. The van der Waals surface area contributed by atoms with E-state index < -0.39 is 13.6 Å². The molecule has 0 aliphatic carbocycles. The highest BCUT2D eigenvalue weighted by atomic mass is 16.7. The van der Waals surface area contributed by atoms with Gasteiger partial charge < -0.3 is 19.4 Å². The Morgan fingerprint density at radius 3 is 2.91 bits per heavy atom. The Kier molecular flexibility index (Phi) is 2.46. The third-order valence-corrected chi connectivity index (χ3v) is 1.00. The quantitative estimate of drug-likeness (QED) is 0.379. The largest absolute Gasteiger partial charge is 0.636 e. The Morgan fingerprint density at radius 2 is 2.45 bits per heavy atom. The lowest BCUT2D eigenvalue weighted by molar-refractivity contribution is -0.0195. The van der Waals surface area contributed by atoms with E-state index in [4.69, 9.17) is 10.0 Å². The molecule has 0 saturated heterocycles. The molecule has 1 aliphatic heterocycles. The maximum Gasteiger partial charge on any atom is 0.636 e. The third kappa shape index (κ3) is 2.21. The summed E-state index contributed by atoms with van der Waals surface area (Å²) in [4.78, 5) is 9.92. The van der Waals surface area contributed by atoms with Gasteiger partial charge in [-0.15, -0.1) is 0 Å². The van der Waals surface area contributed by atoms with Gasteiger partial charge in [-0.1, -0.05) is 0 Å². The predicted octanol–water partition coefficient (Wildman–Crippen LogP) is -1.40. The van der Waals surface area contributed by atoms with Gasteiger partial charge in [0.15, 0.2) is 5.94 Å². The molecule has 11 heavy (non-hydrogen) atoms. The molecule has 0 bridgehead atoms. The van der Waals surface area contributed by atoms with E-state index in [1.165, 1.54) is 18.1 Å². The number of rotatable bonds is 2. The zero-order valence-corrected chi connectivity index (χ0v) is 5.43. The minimum atomic E-state index is -1.91. The van der Waals surface area contributed by atoms with Crippen molar-refractivity contribution in [3.8, 4) is 0 Å². The van der Waals surface area contributed by atoms with Crippen molar-refractivity contribution in [2.45, 2.75) is 6.29 Å². The molecule has 0 spiro atoms. The van der Waals surface area contributed by atoms with E-state index >= 15 is 0 Å². The molecule has 58 valence electrons. The predicted molar refractivity (Wildman–Crippen MR) is 34.5 cm³/mol. The Bertz CT molecular complexity index is 217. The molecule has 1 aliphatic rings. The second-order valence-electron chi connectivity index (χ2n) is 1.77. The van der Waals surface area contributed by atoms with E-state index in [0.29, 0.717) is 0 Å². The molecule has 0 aromatic carbocycles. The standard InChI is InChI=1S/C5H5BO5/c7-3-4-1-2-5(10-4)11-6(8)9/h1-2,5,8-9H. The van der Waals surface area contributed by atoms with Crippen molar-refractivity contribution in [3.63, 3.8) is 0 Å². The molecule has 1 rings (SSSR count). The molecule has 6 heteroatoms. The van der Waals surface area contributed by atoms with Gasteiger partial charge >= 0.3 is 7.32 Å². The average Bonchev–Trinajstić information content (AvgIpc) is 2.34. The van der Waals surface area contributed by atoms with Crippen LogP contribution in [0.2, 0.25) is 0 Å². The monoisotopic (exact) mass is 156 g/mol. The molecule has 0 amide bonds. The van der Waals surface area contributed by atoms with Crippen molar-refractivity contribution in [2.24, 2.45) is 0 Å². The first-order chi connectivity index (χ1) is 5.22. The van der Waals surface area contributed by atoms with Crippen LogP contribution in [0.25, 0.3) is 0 Å². The van der Waals surface area contributed by atoms with Crippen LogP contribution >= 0.6 is 0 Å². The van der Waals surface area contributed by atoms with Crippen molar-refractivity contribution in [2.75, 3.05) is 0 Å². The molecule has 1 unspecified atom stereocenters. The molecule has 0 radical (unpaired) electrons. The van der Waals surface area contributed by atoms with Crippen molar-refractivity contribution >= 4 is 13.3 Å². The summed E-state index contributed by atoms with van der Waals surface area (Å²) in [5.74, 6) is 1.46. The molecule has 0 aromatic heterocycles. The normalized spacial score (nSPS) is 21.3. The van der Waals surface area contributed by atoms with Gasteiger partial charge in [0.2, 0.25) is 12.0 Å². The van der Waals surface area contributed by atoms with Crippen LogP contribution in [0.5, 0.6) is 0 Å².